The van der Waals surface area contributed by atoms with Crippen molar-refractivity contribution in [3.8, 4) is 11.3 Å². The Morgan fingerprint density at radius 1 is 1.27 bits per heavy atom. The van der Waals surface area contributed by atoms with Crippen molar-refractivity contribution in [2.45, 2.75) is 50.2 Å². The molecule has 2 fully saturated rings. The first kappa shape index (κ1) is 14.4. The number of piperidine rings is 1. The lowest BCUT2D eigenvalue weighted by atomic mass is 9.84. The highest BCUT2D eigenvalue weighted by molar-refractivity contribution is 7.08. The first-order valence-electron chi connectivity index (χ1n) is 8.32. The van der Waals surface area contributed by atoms with E-state index in [2.05, 4.69) is 44.6 Å². The van der Waals surface area contributed by atoms with Gasteiger partial charge >= 0.3 is 0 Å². The van der Waals surface area contributed by atoms with E-state index in [4.69, 9.17) is 0 Å². The van der Waals surface area contributed by atoms with Crippen LogP contribution < -0.4 is 10.6 Å². The zero-order chi connectivity index (χ0) is 14.8. The molecule has 0 radical (unpaired) electrons. The molecule has 4 rings (SSSR count). The molecule has 2 N–H and O–H groups in total. The lowest BCUT2D eigenvalue weighted by Crippen LogP contribution is -2.59. The van der Waals surface area contributed by atoms with Crippen molar-refractivity contribution in [1.29, 1.82) is 0 Å². The summed E-state index contributed by atoms with van der Waals surface area (Å²) in [6, 6.07) is 7.14. The minimum Gasteiger partial charge on any atom is -0.312 e. The molecule has 0 amide bonds. The van der Waals surface area contributed by atoms with Crippen LogP contribution in [0.5, 0.6) is 0 Å². The molecule has 2 aromatic rings. The number of aromatic nitrogens is 1. The van der Waals surface area contributed by atoms with Crippen LogP contribution in [0.1, 0.15) is 37.7 Å². The number of rotatable bonds is 4. The van der Waals surface area contributed by atoms with Crippen molar-refractivity contribution in [1.82, 2.24) is 15.6 Å². The van der Waals surface area contributed by atoms with E-state index in [1.807, 2.05) is 6.20 Å². The van der Waals surface area contributed by atoms with E-state index in [9.17, 15) is 0 Å². The summed E-state index contributed by atoms with van der Waals surface area (Å²) >= 11 is 1.72. The van der Waals surface area contributed by atoms with E-state index in [0.29, 0.717) is 11.6 Å². The van der Waals surface area contributed by atoms with E-state index in [-0.39, 0.29) is 0 Å². The molecule has 0 spiro atoms. The number of nitrogens with one attached hydrogen (secondary N) is 2. The van der Waals surface area contributed by atoms with Crippen molar-refractivity contribution in [3.63, 3.8) is 0 Å². The number of thiophene rings is 1. The Kier molecular flexibility index (Phi) is 3.99. The summed E-state index contributed by atoms with van der Waals surface area (Å²) in [7, 11) is 0. The van der Waals surface area contributed by atoms with E-state index in [0.717, 1.165) is 12.2 Å². The Hall–Kier alpha value is -1.23. The summed E-state index contributed by atoms with van der Waals surface area (Å²) in [5, 5.41) is 11.8. The Balaban J connectivity index is 1.43. The molecule has 0 aromatic carbocycles. The van der Waals surface area contributed by atoms with Crippen LogP contribution in [0.3, 0.4) is 0 Å². The molecule has 0 bridgehead atoms. The van der Waals surface area contributed by atoms with Crippen LogP contribution in [0.2, 0.25) is 0 Å². The van der Waals surface area contributed by atoms with Gasteiger partial charge in [-0.25, -0.2) is 0 Å². The first-order valence-corrected chi connectivity index (χ1v) is 9.26. The summed E-state index contributed by atoms with van der Waals surface area (Å²) in [5.41, 5.74) is 3.89. The molecule has 1 aliphatic heterocycles. The quantitative estimate of drug-likeness (QED) is 0.906. The van der Waals surface area contributed by atoms with Crippen LogP contribution >= 0.6 is 11.3 Å². The van der Waals surface area contributed by atoms with Gasteiger partial charge in [0.25, 0.3) is 0 Å². The molecule has 3 nitrogen and oxygen atoms in total. The third-order valence-electron chi connectivity index (χ3n) is 5.26. The largest absolute Gasteiger partial charge is 0.312 e. The average Bonchev–Trinajstić information content (AvgIpc) is 3.23. The second kappa shape index (κ2) is 6.11. The van der Waals surface area contributed by atoms with Crippen molar-refractivity contribution >= 4 is 11.3 Å². The smallest absolute Gasteiger partial charge is 0.0710 e. The molecule has 1 saturated carbocycles. The lowest BCUT2D eigenvalue weighted by Gasteiger charge is -2.41. The highest BCUT2D eigenvalue weighted by atomic mass is 32.1. The maximum Gasteiger partial charge on any atom is 0.0710 e. The van der Waals surface area contributed by atoms with Crippen LogP contribution in [-0.4, -0.2) is 23.1 Å². The fraction of sp³-hybridized carbons (Fsp3) is 0.500. The summed E-state index contributed by atoms with van der Waals surface area (Å²) in [5.74, 6) is 0. The van der Waals surface area contributed by atoms with Gasteiger partial charge in [0.1, 0.15) is 0 Å². The third kappa shape index (κ3) is 2.71. The van der Waals surface area contributed by atoms with Gasteiger partial charge in [0, 0.05) is 35.3 Å². The predicted octanol–water partition coefficient (Wildman–Crippen LogP) is 3.57. The van der Waals surface area contributed by atoms with Crippen LogP contribution in [0.4, 0.5) is 0 Å². The normalized spacial score (nSPS) is 27.7. The van der Waals surface area contributed by atoms with Crippen molar-refractivity contribution in [2.75, 3.05) is 6.54 Å². The third-order valence-corrected chi connectivity index (χ3v) is 5.94. The van der Waals surface area contributed by atoms with Gasteiger partial charge in [0.2, 0.25) is 0 Å². The lowest BCUT2D eigenvalue weighted by molar-refractivity contribution is 0.205. The molecule has 116 valence electrons. The van der Waals surface area contributed by atoms with Crippen LogP contribution in [0.15, 0.2) is 35.2 Å². The molecule has 1 aliphatic carbocycles. The SMILES string of the molecule is c1cc(-c2ccc(CNC34CCCNC3CCC4)cn2)cs1. The molecule has 22 heavy (non-hydrogen) atoms. The highest BCUT2D eigenvalue weighted by Gasteiger charge is 2.43. The standard InChI is InChI=1S/C18H23N3S/c1-3-17-18(7-1,8-2-9-19-17)21-12-14-4-5-16(20-11-14)15-6-10-22-13-15/h4-6,10-11,13,17,19,21H,1-3,7-9,12H2. The van der Waals surface area contributed by atoms with Crippen molar-refractivity contribution in [3.05, 3.63) is 40.7 Å². The van der Waals surface area contributed by atoms with Gasteiger partial charge in [-0.05, 0) is 61.7 Å². The van der Waals surface area contributed by atoms with Crippen molar-refractivity contribution < 1.29 is 0 Å². The number of nitrogens with zero attached hydrogens (tertiary/aromatic N) is 1. The van der Waals surface area contributed by atoms with Crippen LogP contribution in [0.25, 0.3) is 11.3 Å². The second-order valence-corrected chi connectivity index (χ2v) is 7.36. The molecular weight excluding hydrogens is 290 g/mol. The highest BCUT2D eigenvalue weighted by Crippen LogP contribution is 2.36. The number of pyridine rings is 1. The fourth-order valence-corrected chi connectivity index (χ4v) is 4.69. The number of fused-ring (bicyclic) bond motifs is 1. The minimum absolute atomic E-state index is 0.324. The van der Waals surface area contributed by atoms with Gasteiger partial charge in [-0.1, -0.05) is 6.07 Å². The van der Waals surface area contributed by atoms with Crippen LogP contribution in [0, 0.1) is 0 Å². The van der Waals surface area contributed by atoms with E-state index < -0.39 is 0 Å². The molecule has 1 saturated heterocycles. The minimum atomic E-state index is 0.324. The van der Waals surface area contributed by atoms with E-state index >= 15 is 0 Å². The summed E-state index contributed by atoms with van der Waals surface area (Å²) in [6.07, 6.45) is 8.61. The zero-order valence-corrected chi connectivity index (χ0v) is 13.7. The Labute approximate surface area is 136 Å². The fourth-order valence-electron chi connectivity index (χ4n) is 4.04. The molecule has 4 heteroatoms. The predicted molar refractivity (Wildman–Crippen MR) is 92.0 cm³/mol. The van der Waals surface area contributed by atoms with Gasteiger partial charge in [-0.15, -0.1) is 0 Å². The molecular formula is C18H23N3S. The maximum absolute atomic E-state index is 4.62. The second-order valence-electron chi connectivity index (χ2n) is 6.58. The van der Waals surface area contributed by atoms with Crippen molar-refractivity contribution in [2.24, 2.45) is 0 Å². The molecule has 2 aliphatic rings. The molecule has 2 aromatic heterocycles. The van der Waals surface area contributed by atoms with Gasteiger partial charge in [0.15, 0.2) is 0 Å². The van der Waals surface area contributed by atoms with Gasteiger partial charge in [-0.3, -0.25) is 4.98 Å². The maximum atomic E-state index is 4.62. The van der Waals surface area contributed by atoms with Gasteiger partial charge < -0.3 is 10.6 Å². The Bertz CT molecular complexity index is 608. The molecule has 3 heterocycles. The van der Waals surface area contributed by atoms with E-state index in [1.165, 1.54) is 49.8 Å². The van der Waals surface area contributed by atoms with Gasteiger partial charge in [-0.2, -0.15) is 11.3 Å². The monoisotopic (exact) mass is 313 g/mol. The van der Waals surface area contributed by atoms with E-state index in [1.54, 1.807) is 11.3 Å². The summed E-state index contributed by atoms with van der Waals surface area (Å²) in [6.45, 7) is 2.11. The number of hydrogen-bond donors (Lipinski definition) is 2. The Morgan fingerprint density at radius 2 is 2.23 bits per heavy atom. The summed E-state index contributed by atoms with van der Waals surface area (Å²) < 4.78 is 0. The summed E-state index contributed by atoms with van der Waals surface area (Å²) in [4.78, 5) is 4.62. The zero-order valence-electron chi connectivity index (χ0n) is 12.8. The topological polar surface area (TPSA) is 37.0 Å². The Morgan fingerprint density at radius 3 is 3.05 bits per heavy atom. The first-order chi connectivity index (χ1) is 10.9. The van der Waals surface area contributed by atoms with Gasteiger partial charge in [0.05, 0.1) is 5.69 Å². The molecule has 2 unspecified atom stereocenters. The average molecular weight is 313 g/mol. The molecule has 2 atom stereocenters. The van der Waals surface area contributed by atoms with Crippen LogP contribution in [-0.2, 0) is 6.54 Å². The number of hydrogen-bond acceptors (Lipinski definition) is 4.